The Kier molecular flexibility index (Phi) is 3.39. The van der Waals surface area contributed by atoms with E-state index in [-0.39, 0.29) is 30.7 Å². The molecular formula is C14H11F3N4O3. The van der Waals surface area contributed by atoms with Crippen LogP contribution in [0.25, 0.3) is 11.4 Å². The molecule has 0 spiro atoms. The fourth-order valence-electron chi connectivity index (χ4n) is 2.88. The van der Waals surface area contributed by atoms with Gasteiger partial charge in [0, 0.05) is 12.0 Å². The number of ether oxygens (including phenoxy) is 2. The molecule has 4 rings (SSSR count). The molecule has 24 heavy (non-hydrogen) atoms. The standard InChI is InChI=1S/C14H11F3N4O3/c15-14(16,17)8-3-1-7(2-4-8)12-18-19-20-21(12)9-5-10(22)13-23-6-11(9)24-13/h1-4,9,11,13H,5-6H2/t9-,11-,13-/m1/s1. The van der Waals surface area contributed by atoms with E-state index in [0.717, 1.165) is 12.1 Å². The number of nitrogens with zero attached hydrogens (tertiary/aromatic N) is 4. The van der Waals surface area contributed by atoms with Crippen molar-refractivity contribution in [3.05, 3.63) is 29.8 Å². The number of fused-ring (bicyclic) bond motifs is 2. The molecule has 0 radical (unpaired) electrons. The number of carbonyl (C=O) groups excluding carboxylic acids is 1. The summed E-state index contributed by atoms with van der Waals surface area (Å²) in [5.74, 6) is 0.0677. The predicted molar refractivity (Wildman–Crippen MR) is 71.5 cm³/mol. The largest absolute Gasteiger partial charge is 0.416 e. The van der Waals surface area contributed by atoms with Gasteiger partial charge in [-0.15, -0.1) is 5.10 Å². The van der Waals surface area contributed by atoms with Gasteiger partial charge in [0.05, 0.1) is 18.2 Å². The first kappa shape index (κ1) is 15.2. The number of alkyl halides is 3. The zero-order chi connectivity index (χ0) is 16.9. The van der Waals surface area contributed by atoms with Gasteiger partial charge in [0.25, 0.3) is 0 Å². The third kappa shape index (κ3) is 2.47. The van der Waals surface area contributed by atoms with Gasteiger partial charge in [-0.2, -0.15) is 13.2 Å². The van der Waals surface area contributed by atoms with Crippen LogP contribution in [0.3, 0.4) is 0 Å². The summed E-state index contributed by atoms with van der Waals surface area (Å²) in [5, 5.41) is 11.3. The molecule has 2 aromatic rings. The molecule has 2 fully saturated rings. The van der Waals surface area contributed by atoms with E-state index in [1.54, 1.807) is 0 Å². The van der Waals surface area contributed by atoms with Gasteiger partial charge < -0.3 is 9.47 Å². The Morgan fingerprint density at radius 3 is 2.67 bits per heavy atom. The van der Waals surface area contributed by atoms with Crippen molar-refractivity contribution in [2.45, 2.75) is 31.0 Å². The number of rotatable bonds is 2. The van der Waals surface area contributed by atoms with Crippen molar-refractivity contribution < 1.29 is 27.4 Å². The Bertz CT molecular complexity index is 774. The zero-order valence-corrected chi connectivity index (χ0v) is 12.1. The maximum absolute atomic E-state index is 12.7. The molecule has 2 aliphatic rings. The average molecular weight is 340 g/mol. The van der Waals surface area contributed by atoms with Gasteiger partial charge in [0.1, 0.15) is 6.10 Å². The van der Waals surface area contributed by atoms with Crippen molar-refractivity contribution in [1.29, 1.82) is 0 Å². The molecule has 0 unspecified atom stereocenters. The summed E-state index contributed by atoms with van der Waals surface area (Å²) in [6, 6.07) is 4.06. The lowest BCUT2D eigenvalue weighted by atomic mass is 10.0. The molecule has 3 atom stereocenters. The van der Waals surface area contributed by atoms with Gasteiger partial charge in [0.15, 0.2) is 11.6 Å². The van der Waals surface area contributed by atoms with Crippen LogP contribution in [0.1, 0.15) is 18.0 Å². The minimum absolute atomic E-state index is 0.147. The predicted octanol–water partition coefficient (Wildman–Crippen LogP) is 1.61. The maximum Gasteiger partial charge on any atom is 0.416 e. The smallest absolute Gasteiger partial charge is 0.343 e. The highest BCUT2D eigenvalue weighted by Crippen LogP contribution is 2.35. The van der Waals surface area contributed by atoms with E-state index >= 15 is 0 Å². The molecule has 10 heteroatoms. The fourth-order valence-corrected chi connectivity index (χ4v) is 2.88. The summed E-state index contributed by atoms with van der Waals surface area (Å²) in [6.45, 7) is 0.243. The molecule has 126 valence electrons. The first-order valence-corrected chi connectivity index (χ1v) is 7.19. The van der Waals surface area contributed by atoms with E-state index in [1.165, 1.54) is 16.8 Å². The number of aromatic nitrogens is 4. The number of hydrogen-bond acceptors (Lipinski definition) is 6. The van der Waals surface area contributed by atoms with E-state index in [1.807, 2.05) is 0 Å². The summed E-state index contributed by atoms with van der Waals surface area (Å²) in [6.07, 6.45) is -5.47. The maximum atomic E-state index is 12.7. The molecular weight excluding hydrogens is 329 g/mol. The quantitative estimate of drug-likeness (QED) is 0.826. The number of Topliss-reactive ketones (excluding diaryl/α,β-unsaturated/α-hetero) is 1. The molecule has 2 saturated heterocycles. The lowest BCUT2D eigenvalue weighted by molar-refractivity contribution is -0.156. The van der Waals surface area contributed by atoms with Crippen LogP contribution in [0.15, 0.2) is 24.3 Å². The fraction of sp³-hybridized carbons (Fsp3) is 0.429. The number of hydrogen-bond donors (Lipinski definition) is 0. The molecule has 0 saturated carbocycles. The van der Waals surface area contributed by atoms with Gasteiger partial charge in [-0.3, -0.25) is 4.79 Å². The zero-order valence-electron chi connectivity index (χ0n) is 12.1. The Labute approximate surface area is 133 Å². The highest BCUT2D eigenvalue weighted by atomic mass is 19.4. The minimum atomic E-state index is -4.41. The third-order valence-corrected chi connectivity index (χ3v) is 4.09. The van der Waals surface area contributed by atoms with Crippen molar-refractivity contribution in [2.75, 3.05) is 6.61 Å². The van der Waals surface area contributed by atoms with Crippen LogP contribution >= 0.6 is 0 Å². The van der Waals surface area contributed by atoms with Crippen LogP contribution < -0.4 is 0 Å². The molecule has 1 aromatic heterocycles. The number of halogens is 3. The van der Waals surface area contributed by atoms with Gasteiger partial charge in [-0.25, -0.2) is 4.68 Å². The van der Waals surface area contributed by atoms with Crippen LogP contribution in [0.5, 0.6) is 0 Å². The highest BCUT2D eigenvalue weighted by Gasteiger charge is 2.45. The van der Waals surface area contributed by atoms with Gasteiger partial charge in [-0.1, -0.05) is 12.1 Å². The van der Waals surface area contributed by atoms with Crippen molar-refractivity contribution in [2.24, 2.45) is 0 Å². The van der Waals surface area contributed by atoms with Gasteiger partial charge in [-0.05, 0) is 22.6 Å². The second kappa shape index (κ2) is 5.35. The first-order chi connectivity index (χ1) is 11.4. The summed E-state index contributed by atoms with van der Waals surface area (Å²) < 4.78 is 50.1. The molecule has 0 aliphatic carbocycles. The van der Waals surface area contributed by atoms with E-state index < -0.39 is 24.1 Å². The highest BCUT2D eigenvalue weighted by molar-refractivity contribution is 5.83. The number of benzene rings is 1. The number of carbonyl (C=O) groups is 1. The Morgan fingerprint density at radius 2 is 1.96 bits per heavy atom. The van der Waals surface area contributed by atoms with E-state index in [0.29, 0.717) is 5.56 Å². The van der Waals surface area contributed by atoms with Gasteiger partial charge in [0.2, 0.25) is 6.29 Å². The van der Waals surface area contributed by atoms with E-state index in [2.05, 4.69) is 15.5 Å². The Hall–Kier alpha value is -2.33. The second-order valence-electron chi connectivity index (χ2n) is 5.60. The van der Waals surface area contributed by atoms with Crippen LogP contribution in [0.2, 0.25) is 0 Å². The van der Waals surface area contributed by atoms with Crippen molar-refractivity contribution in [3.8, 4) is 11.4 Å². The lowest BCUT2D eigenvalue weighted by Gasteiger charge is -2.26. The monoisotopic (exact) mass is 340 g/mol. The number of ketones is 1. The minimum Gasteiger partial charge on any atom is -0.343 e. The van der Waals surface area contributed by atoms with Crippen LogP contribution in [0.4, 0.5) is 13.2 Å². The Balaban J connectivity index is 1.67. The molecule has 1 aromatic carbocycles. The van der Waals surface area contributed by atoms with Crippen molar-refractivity contribution in [1.82, 2.24) is 20.2 Å². The summed E-state index contributed by atoms with van der Waals surface area (Å²) in [7, 11) is 0. The van der Waals surface area contributed by atoms with E-state index in [9.17, 15) is 18.0 Å². The van der Waals surface area contributed by atoms with Crippen LogP contribution in [-0.4, -0.2) is 45.0 Å². The molecule has 2 bridgehead atoms. The molecule has 7 nitrogen and oxygen atoms in total. The molecule has 0 N–H and O–H groups in total. The topological polar surface area (TPSA) is 79.1 Å². The Morgan fingerprint density at radius 1 is 1.21 bits per heavy atom. The normalized spacial score (nSPS) is 26.8. The molecule has 2 aliphatic heterocycles. The number of tetrazole rings is 1. The SMILES string of the molecule is O=C1C[C@@H](n2nnnc2-c2ccc(C(F)(F)F)cc2)[C@H]2CO[C@@H]1O2. The third-order valence-electron chi connectivity index (χ3n) is 4.09. The summed E-state index contributed by atoms with van der Waals surface area (Å²) >= 11 is 0. The molecule has 3 heterocycles. The van der Waals surface area contributed by atoms with E-state index in [4.69, 9.17) is 9.47 Å². The van der Waals surface area contributed by atoms with Crippen LogP contribution in [0, 0.1) is 0 Å². The van der Waals surface area contributed by atoms with Crippen molar-refractivity contribution >= 4 is 5.78 Å². The van der Waals surface area contributed by atoms with Crippen LogP contribution in [-0.2, 0) is 20.4 Å². The van der Waals surface area contributed by atoms with Crippen molar-refractivity contribution in [3.63, 3.8) is 0 Å². The summed E-state index contributed by atoms with van der Waals surface area (Å²) in [5.41, 5.74) is -0.338. The summed E-state index contributed by atoms with van der Waals surface area (Å²) in [4.78, 5) is 11.9. The molecule has 0 amide bonds. The van der Waals surface area contributed by atoms with Gasteiger partial charge >= 0.3 is 6.18 Å². The first-order valence-electron chi connectivity index (χ1n) is 7.19. The lowest BCUT2D eigenvalue weighted by Crippen LogP contribution is -2.37. The average Bonchev–Trinajstić information content (AvgIpc) is 3.19. The second-order valence-corrected chi connectivity index (χ2v) is 5.60.